The van der Waals surface area contributed by atoms with Gasteiger partial charge in [0.05, 0.1) is 10.8 Å². The average molecular weight is 360 g/mol. The second kappa shape index (κ2) is 6.26. The molecular weight excluding hydrogens is 342 g/mol. The van der Waals surface area contributed by atoms with Gasteiger partial charge in [-0.2, -0.15) is 0 Å². The number of hydrogen-bond donors (Lipinski definition) is 2. The number of sulfonamides is 1. The highest BCUT2D eigenvalue weighted by atomic mass is 35.5. The summed E-state index contributed by atoms with van der Waals surface area (Å²) in [5, 5.41) is 12.3. The van der Waals surface area contributed by atoms with Crippen LogP contribution < -0.4 is 5.32 Å². The van der Waals surface area contributed by atoms with Gasteiger partial charge < -0.3 is 10.4 Å². The van der Waals surface area contributed by atoms with E-state index >= 15 is 0 Å². The Morgan fingerprint density at radius 3 is 2.57 bits per heavy atom. The average Bonchev–Trinajstić information content (AvgIpc) is 3.35. The summed E-state index contributed by atoms with van der Waals surface area (Å²) in [6, 6.07) is 1.27. The van der Waals surface area contributed by atoms with Crippen molar-refractivity contribution in [3.05, 3.63) is 23.0 Å². The number of carbonyl (C=O) groups excluding carboxylic acids is 1. The quantitative estimate of drug-likeness (QED) is 0.785. The van der Waals surface area contributed by atoms with Crippen LogP contribution in [0.2, 0.25) is 5.15 Å². The molecule has 9 heteroatoms. The standard InChI is InChI=1S/C14H18ClN3O4S/c15-13-12(19)11(3-6-16-13)14(20)17-9-4-7-18(8-5-9)23(21,22)10-1-2-10/h3,6,9-10,19H,1-2,4-5,7-8H2,(H,17,20). The molecule has 126 valence electrons. The maximum Gasteiger partial charge on any atom is 0.255 e. The Balaban J connectivity index is 1.58. The third-order valence-electron chi connectivity index (χ3n) is 4.22. The summed E-state index contributed by atoms with van der Waals surface area (Å²) in [5.74, 6) is -0.782. The van der Waals surface area contributed by atoms with Crippen LogP contribution in [0, 0.1) is 0 Å². The molecule has 1 saturated carbocycles. The Morgan fingerprint density at radius 2 is 1.96 bits per heavy atom. The highest BCUT2D eigenvalue weighted by Crippen LogP contribution is 2.32. The number of rotatable bonds is 4. The van der Waals surface area contributed by atoms with Gasteiger partial charge in [-0.3, -0.25) is 4.79 Å². The minimum absolute atomic E-state index is 0.0676. The molecule has 0 bridgehead atoms. The van der Waals surface area contributed by atoms with Crippen LogP contribution in [0.1, 0.15) is 36.0 Å². The van der Waals surface area contributed by atoms with E-state index < -0.39 is 15.9 Å². The lowest BCUT2D eigenvalue weighted by molar-refractivity contribution is 0.0921. The predicted octanol–water partition coefficient (Wildman–Crippen LogP) is 1.13. The Labute approximate surface area is 139 Å². The van der Waals surface area contributed by atoms with Crippen molar-refractivity contribution in [3.8, 4) is 5.75 Å². The second-order valence-electron chi connectivity index (χ2n) is 5.89. The summed E-state index contributed by atoms with van der Waals surface area (Å²) in [7, 11) is -3.15. The van der Waals surface area contributed by atoms with Gasteiger partial charge in [0, 0.05) is 25.3 Å². The number of piperidine rings is 1. The van der Waals surface area contributed by atoms with E-state index in [-0.39, 0.29) is 27.8 Å². The van der Waals surface area contributed by atoms with Gasteiger partial charge in [0.2, 0.25) is 10.0 Å². The fourth-order valence-electron chi connectivity index (χ4n) is 2.71. The topological polar surface area (TPSA) is 99.6 Å². The molecule has 0 radical (unpaired) electrons. The molecule has 1 aliphatic heterocycles. The lowest BCUT2D eigenvalue weighted by Gasteiger charge is -2.31. The molecule has 0 spiro atoms. The number of nitrogens with one attached hydrogen (secondary N) is 1. The third-order valence-corrected chi connectivity index (χ3v) is 6.89. The first-order valence-corrected chi connectivity index (χ1v) is 9.41. The number of pyridine rings is 1. The van der Waals surface area contributed by atoms with E-state index in [4.69, 9.17) is 11.6 Å². The first-order chi connectivity index (χ1) is 10.9. The largest absolute Gasteiger partial charge is 0.504 e. The number of amides is 1. The van der Waals surface area contributed by atoms with Crippen LogP contribution in [-0.2, 0) is 10.0 Å². The van der Waals surface area contributed by atoms with Crippen LogP contribution in [0.3, 0.4) is 0 Å². The number of aromatic hydroxyl groups is 1. The zero-order valence-electron chi connectivity index (χ0n) is 12.4. The Kier molecular flexibility index (Phi) is 4.48. The number of aromatic nitrogens is 1. The SMILES string of the molecule is O=C(NC1CCN(S(=O)(=O)C2CC2)CC1)c1ccnc(Cl)c1O. The molecule has 1 aliphatic carbocycles. The van der Waals surface area contributed by atoms with Gasteiger partial charge in [0.25, 0.3) is 5.91 Å². The molecule has 2 aliphatic rings. The molecule has 2 heterocycles. The molecule has 1 aromatic rings. The maximum atomic E-state index is 12.2. The summed E-state index contributed by atoms with van der Waals surface area (Å²) >= 11 is 5.69. The van der Waals surface area contributed by atoms with E-state index in [1.807, 2.05) is 0 Å². The van der Waals surface area contributed by atoms with Crippen molar-refractivity contribution in [2.45, 2.75) is 37.0 Å². The molecule has 7 nitrogen and oxygen atoms in total. The summed E-state index contributed by atoms with van der Waals surface area (Å²) in [4.78, 5) is 15.9. The van der Waals surface area contributed by atoms with Crippen molar-refractivity contribution in [2.24, 2.45) is 0 Å². The van der Waals surface area contributed by atoms with Crippen LogP contribution in [-0.4, -0.2) is 53.1 Å². The summed E-state index contributed by atoms with van der Waals surface area (Å²) in [6.45, 7) is 0.819. The molecule has 1 aromatic heterocycles. The first-order valence-electron chi connectivity index (χ1n) is 7.53. The van der Waals surface area contributed by atoms with Crippen molar-refractivity contribution in [2.75, 3.05) is 13.1 Å². The molecule has 1 amide bonds. The smallest absolute Gasteiger partial charge is 0.255 e. The lowest BCUT2D eigenvalue weighted by atomic mass is 10.1. The van der Waals surface area contributed by atoms with E-state index in [1.165, 1.54) is 16.6 Å². The molecule has 23 heavy (non-hydrogen) atoms. The zero-order chi connectivity index (χ0) is 16.6. The summed E-state index contributed by atoms with van der Waals surface area (Å²) in [6.07, 6.45) is 3.96. The highest BCUT2D eigenvalue weighted by molar-refractivity contribution is 7.90. The fourth-order valence-corrected chi connectivity index (χ4v) is 4.74. The summed E-state index contributed by atoms with van der Waals surface area (Å²) in [5.41, 5.74) is 0.0676. The van der Waals surface area contributed by atoms with Crippen LogP contribution in [0.25, 0.3) is 0 Å². The van der Waals surface area contributed by atoms with Crippen molar-refractivity contribution in [1.29, 1.82) is 0 Å². The van der Waals surface area contributed by atoms with Crippen LogP contribution in [0.15, 0.2) is 12.3 Å². The number of hydrogen-bond acceptors (Lipinski definition) is 5. The molecule has 2 N–H and O–H groups in total. The van der Waals surface area contributed by atoms with Gasteiger partial charge >= 0.3 is 0 Å². The van der Waals surface area contributed by atoms with Crippen LogP contribution in [0.5, 0.6) is 5.75 Å². The zero-order valence-corrected chi connectivity index (χ0v) is 14.0. The molecule has 2 fully saturated rings. The van der Waals surface area contributed by atoms with E-state index in [0.717, 1.165) is 12.8 Å². The summed E-state index contributed by atoms with van der Waals surface area (Å²) < 4.78 is 25.9. The van der Waals surface area contributed by atoms with Crippen molar-refractivity contribution in [1.82, 2.24) is 14.6 Å². The molecule has 0 unspecified atom stereocenters. The predicted molar refractivity (Wildman–Crippen MR) is 84.9 cm³/mol. The Morgan fingerprint density at radius 1 is 1.30 bits per heavy atom. The van der Waals surface area contributed by atoms with Gasteiger partial charge in [0.15, 0.2) is 10.9 Å². The van der Waals surface area contributed by atoms with Gasteiger partial charge in [0.1, 0.15) is 0 Å². The molecule has 3 rings (SSSR count). The third kappa shape index (κ3) is 3.44. The monoisotopic (exact) mass is 359 g/mol. The number of carbonyl (C=O) groups is 1. The molecular formula is C14H18ClN3O4S. The van der Waals surface area contributed by atoms with E-state index in [1.54, 1.807) is 0 Å². The van der Waals surface area contributed by atoms with E-state index in [9.17, 15) is 18.3 Å². The van der Waals surface area contributed by atoms with Crippen molar-refractivity contribution >= 4 is 27.5 Å². The normalized spacial score (nSPS) is 20.4. The van der Waals surface area contributed by atoms with E-state index in [2.05, 4.69) is 10.3 Å². The molecule has 0 aromatic carbocycles. The Hall–Kier alpha value is -1.38. The molecule has 0 atom stereocenters. The maximum absolute atomic E-state index is 12.2. The molecule has 1 saturated heterocycles. The van der Waals surface area contributed by atoms with Crippen LogP contribution >= 0.6 is 11.6 Å². The Bertz CT molecular complexity index is 713. The lowest BCUT2D eigenvalue weighted by Crippen LogP contribution is -2.47. The fraction of sp³-hybridized carbons (Fsp3) is 0.571. The second-order valence-corrected chi connectivity index (χ2v) is 8.46. The number of halogens is 1. The van der Waals surface area contributed by atoms with Gasteiger partial charge in [-0.05, 0) is 31.7 Å². The number of nitrogens with zero attached hydrogens (tertiary/aromatic N) is 2. The van der Waals surface area contributed by atoms with Gasteiger partial charge in [-0.1, -0.05) is 11.6 Å². The van der Waals surface area contributed by atoms with E-state index in [0.29, 0.717) is 25.9 Å². The van der Waals surface area contributed by atoms with Gasteiger partial charge in [-0.25, -0.2) is 17.7 Å². The first kappa shape index (κ1) is 16.5. The minimum Gasteiger partial charge on any atom is -0.504 e. The highest BCUT2D eigenvalue weighted by Gasteiger charge is 2.41. The van der Waals surface area contributed by atoms with Crippen LogP contribution in [0.4, 0.5) is 0 Å². The minimum atomic E-state index is -3.15. The van der Waals surface area contributed by atoms with Gasteiger partial charge in [-0.15, -0.1) is 0 Å². The van der Waals surface area contributed by atoms with Crippen molar-refractivity contribution < 1.29 is 18.3 Å². The van der Waals surface area contributed by atoms with Crippen molar-refractivity contribution in [3.63, 3.8) is 0 Å².